The number of aromatic nitrogens is 4. The molecule has 3 N–H and O–H groups in total. The number of carbonyl (C=O) groups is 1. The Labute approximate surface area is 216 Å². The number of rotatable bonds is 4. The second-order valence-corrected chi connectivity index (χ2v) is 10.9. The first kappa shape index (κ1) is 24.1. The topological polar surface area (TPSA) is 92.8 Å². The van der Waals surface area contributed by atoms with Crippen LogP contribution in [0.2, 0.25) is 5.02 Å². The van der Waals surface area contributed by atoms with Crippen molar-refractivity contribution in [1.29, 1.82) is 0 Å². The summed E-state index contributed by atoms with van der Waals surface area (Å²) in [6, 6.07) is 14.1. The van der Waals surface area contributed by atoms with E-state index in [1.54, 1.807) is 6.20 Å². The van der Waals surface area contributed by atoms with Crippen molar-refractivity contribution >= 4 is 23.3 Å². The molecule has 1 aliphatic rings. The van der Waals surface area contributed by atoms with Crippen LogP contribution in [0.1, 0.15) is 39.7 Å². The van der Waals surface area contributed by atoms with Crippen LogP contribution in [0.15, 0.2) is 61.1 Å². The van der Waals surface area contributed by atoms with Gasteiger partial charge in [-0.15, -0.1) is 0 Å². The molecule has 0 aliphatic carbocycles. The molecule has 4 heterocycles. The number of nitrogens with one attached hydrogen (secondary N) is 1. The smallest absolute Gasteiger partial charge is 0.227 e. The van der Waals surface area contributed by atoms with Crippen LogP contribution in [0, 0.1) is 5.41 Å². The molecule has 3 aromatic heterocycles. The van der Waals surface area contributed by atoms with Crippen molar-refractivity contribution in [2.75, 3.05) is 18.8 Å². The number of pyridine rings is 1. The van der Waals surface area contributed by atoms with Crippen LogP contribution in [0.4, 0.5) is 5.82 Å². The molecule has 36 heavy (non-hydrogen) atoms. The van der Waals surface area contributed by atoms with E-state index in [0.29, 0.717) is 10.8 Å². The SMILES string of the molecule is CC(C)(C)C(=O)N1CCC(n2cc(-c3cnc(N)c(-c4ccc(-c5cccc(Cl)c5)[nH]4)c3)cn2)CC1. The van der Waals surface area contributed by atoms with E-state index >= 15 is 0 Å². The van der Waals surface area contributed by atoms with Crippen LogP contribution in [0.25, 0.3) is 33.6 Å². The van der Waals surface area contributed by atoms with Gasteiger partial charge in [-0.05, 0) is 48.7 Å². The van der Waals surface area contributed by atoms with E-state index in [9.17, 15) is 4.79 Å². The Morgan fingerprint density at radius 1 is 1.03 bits per heavy atom. The molecule has 0 spiro atoms. The molecule has 4 aromatic rings. The van der Waals surface area contributed by atoms with E-state index in [2.05, 4.69) is 21.3 Å². The van der Waals surface area contributed by atoms with Gasteiger partial charge in [0.05, 0.1) is 12.2 Å². The molecule has 5 rings (SSSR count). The largest absolute Gasteiger partial charge is 0.383 e. The second-order valence-electron chi connectivity index (χ2n) is 10.4. The fourth-order valence-electron chi connectivity index (χ4n) is 4.72. The lowest BCUT2D eigenvalue weighted by Gasteiger charge is -2.35. The van der Waals surface area contributed by atoms with Crippen molar-refractivity contribution in [3.05, 3.63) is 66.1 Å². The van der Waals surface area contributed by atoms with Gasteiger partial charge < -0.3 is 15.6 Å². The molecule has 1 fully saturated rings. The first-order valence-electron chi connectivity index (χ1n) is 12.2. The van der Waals surface area contributed by atoms with E-state index in [1.807, 2.05) is 79.0 Å². The van der Waals surface area contributed by atoms with Gasteiger partial charge in [-0.1, -0.05) is 44.5 Å². The molecule has 0 unspecified atom stereocenters. The first-order valence-corrected chi connectivity index (χ1v) is 12.6. The van der Waals surface area contributed by atoms with Gasteiger partial charge >= 0.3 is 0 Å². The fraction of sp³-hybridized carbons (Fsp3) is 0.321. The quantitative estimate of drug-likeness (QED) is 0.355. The molecular formula is C28H31ClN6O. The Kier molecular flexibility index (Phi) is 6.35. The number of halogens is 1. The van der Waals surface area contributed by atoms with Crippen molar-refractivity contribution in [3.8, 4) is 33.6 Å². The van der Waals surface area contributed by atoms with Gasteiger partial charge in [0.15, 0.2) is 0 Å². The predicted molar refractivity (Wildman–Crippen MR) is 144 cm³/mol. The Balaban J connectivity index is 1.33. The molecule has 1 saturated heterocycles. The monoisotopic (exact) mass is 502 g/mol. The van der Waals surface area contributed by atoms with Gasteiger partial charge in [0.2, 0.25) is 5.91 Å². The maximum absolute atomic E-state index is 12.6. The maximum Gasteiger partial charge on any atom is 0.227 e. The fourth-order valence-corrected chi connectivity index (χ4v) is 4.91. The molecule has 0 saturated carbocycles. The van der Waals surface area contributed by atoms with Crippen molar-refractivity contribution in [1.82, 2.24) is 24.6 Å². The number of nitrogen functional groups attached to an aromatic ring is 1. The van der Waals surface area contributed by atoms with Crippen LogP contribution in [-0.4, -0.2) is 43.6 Å². The van der Waals surface area contributed by atoms with Gasteiger partial charge in [0, 0.05) is 64.0 Å². The van der Waals surface area contributed by atoms with Crippen molar-refractivity contribution in [2.45, 2.75) is 39.7 Å². The van der Waals surface area contributed by atoms with Crippen LogP contribution < -0.4 is 5.73 Å². The summed E-state index contributed by atoms with van der Waals surface area (Å²) in [5.74, 6) is 0.673. The summed E-state index contributed by atoms with van der Waals surface area (Å²) < 4.78 is 2.02. The molecule has 186 valence electrons. The molecular weight excluding hydrogens is 472 g/mol. The number of benzene rings is 1. The minimum atomic E-state index is -0.348. The summed E-state index contributed by atoms with van der Waals surface area (Å²) in [5.41, 5.74) is 11.5. The van der Waals surface area contributed by atoms with E-state index in [4.69, 9.17) is 17.3 Å². The number of H-pyrrole nitrogens is 1. The number of piperidine rings is 1. The number of hydrogen-bond donors (Lipinski definition) is 2. The maximum atomic E-state index is 12.6. The average molecular weight is 503 g/mol. The van der Waals surface area contributed by atoms with Gasteiger partial charge in [-0.3, -0.25) is 9.48 Å². The average Bonchev–Trinajstić information content (AvgIpc) is 3.54. The van der Waals surface area contributed by atoms with Crippen LogP contribution in [-0.2, 0) is 4.79 Å². The summed E-state index contributed by atoms with van der Waals surface area (Å²) in [4.78, 5) is 22.5. The number of amides is 1. The standard InChI is InChI=1S/C28H31ClN6O/c1-28(2,3)27(36)34-11-9-22(10-12-34)35-17-20(16-32-35)19-14-23(26(30)31-15-19)25-8-7-24(33-25)18-5-4-6-21(29)13-18/h4-8,13-17,22,33H,9-12H2,1-3H3,(H2,30,31). The number of hydrogen-bond acceptors (Lipinski definition) is 4. The number of likely N-dealkylation sites (tertiary alicyclic amines) is 1. The van der Waals surface area contributed by atoms with Crippen molar-refractivity contribution < 1.29 is 4.79 Å². The third kappa shape index (κ3) is 4.88. The highest BCUT2D eigenvalue weighted by molar-refractivity contribution is 6.30. The Bertz CT molecular complexity index is 1390. The highest BCUT2D eigenvalue weighted by Crippen LogP contribution is 2.33. The third-order valence-corrected chi connectivity index (χ3v) is 6.97. The zero-order chi connectivity index (χ0) is 25.4. The number of carbonyl (C=O) groups excluding carboxylic acids is 1. The minimum absolute atomic E-state index is 0.213. The molecule has 7 nitrogen and oxygen atoms in total. The summed E-state index contributed by atoms with van der Waals surface area (Å²) in [5, 5.41) is 5.34. The Morgan fingerprint density at radius 3 is 2.50 bits per heavy atom. The van der Waals surface area contributed by atoms with Crippen molar-refractivity contribution in [3.63, 3.8) is 0 Å². The van der Waals surface area contributed by atoms with Gasteiger partial charge in [-0.2, -0.15) is 5.10 Å². The number of nitrogens with two attached hydrogens (primary N) is 1. The second kappa shape index (κ2) is 9.47. The molecule has 1 aromatic carbocycles. The van der Waals surface area contributed by atoms with Crippen LogP contribution in [0.3, 0.4) is 0 Å². The van der Waals surface area contributed by atoms with E-state index in [0.717, 1.165) is 59.6 Å². The van der Waals surface area contributed by atoms with Gasteiger partial charge in [0.25, 0.3) is 0 Å². The van der Waals surface area contributed by atoms with E-state index < -0.39 is 0 Å². The van der Waals surface area contributed by atoms with E-state index in [1.165, 1.54) is 0 Å². The Morgan fingerprint density at radius 2 is 1.78 bits per heavy atom. The summed E-state index contributed by atoms with van der Waals surface area (Å²) in [6.07, 6.45) is 7.50. The summed E-state index contributed by atoms with van der Waals surface area (Å²) >= 11 is 6.16. The molecule has 0 atom stereocenters. The lowest BCUT2D eigenvalue weighted by molar-refractivity contribution is -0.140. The predicted octanol–water partition coefficient (Wildman–Crippen LogP) is 6.05. The summed E-state index contributed by atoms with van der Waals surface area (Å²) in [7, 11) is 0. The molecule has 0 radical (unpaired) electrons. The molecule has 0 bridgehead atoms. The zero-order valence-electron chi connectivity index (χ0n) is 20.8. The number of aromatic amines is 1. The van der Waals surface area contributed by atoms with Crippen molar-refractivity contribution in [2.24, 2.45) is 5.41 Å². The molecule has 8 heteroatoms. The summed E-state index contributed by atoms with van der Waals surface area (Å²) in [6.45, 7) is 7.43. The molecule has 1 amide bonds. The van der Waals surface area contributed by atoms with Gasteiger partial charge in [-0.25, -0.2) is 4.98 Å². The molecule has 1 aliphatic heterocycles. The minimum Gasteiger partial charge on any atom is -0.383 e. The lowest BCUT2D eigenvalue weighted by Crippen LogP contribution is -2.44. The highest BCUT2D eigenvalue weighted by atomic mass is 35.5. The van der Waals surface area contributed by atoms with Crippen LogP contribution >= 0.6 is 11.6 Å². The lowest BCUT2D eigenvalue weighted by atomic mass is 9.93. The highest BCUT2D eigenvalue weighted by Gasteiger charge is 2.31. The number of anilines is 1. The van der Waals surface area contributed by atoms with E-state index in [-0.39, 0.29) is 17.4 Å². The zero-order valence-corrected chi connectivity index (χ0v) is 21.6. The number of nitrogens with zero attached hydrogens (tertiary/aromatic N) is 4. The Hall–Kier alpha value is -3.58. The van der Waals surface area contributed by atoms with Crippen LogP contribution in [0.5, 0.6) is 0 Å². The third-order valence-electron chi connectivity index (χ3n) is 6.73. The normalized spacial score (nSPS) is 14.8. The first-order chi connectivity index (χ1) is 17.2. The van der Waals surface area contributed by atoms with Gasteiger partial charge in [0.1, 0.15) is 5.82 Å².